The summed E-state index contributed by atoms with van der Waals surface area (Å²) in [4.78, 5) is 10.5. The van der Waals surface area contributed by atoms with Crippen LogP contribution in [0.1, 0.15) is 126 Å². The number of benzene rings is 2. The van der Waals surface area contributed by atoms with E-state index in [-0.39, 0.29) is 21.7 Å². The Hall–Kier alpha value is -2.50. The second-order valence-electron chi connectivity index (χ2n) is 15.9. The number of fused-ring (bicyclic) bond motifs is 4. The van der Waals surface area contributed by atoms with Crippen LogP contribution in [0.15, 0.2) is 69.9 Å². The molecule has 0 atom stereocenters. The number of aromatic nitrogens is 2. The molecular weight excluding hydrogens is 672 g/mol. The number of ether oxygens (including phenoxy) is 1. The van der Waals surface area contributed by atoms with Gasteiger partial charge in [-0.1, -0.05) is 67.5 Å². The Morgan fingerprint density at radius 3 is 1.18 bits per heavy atom. The highest BCUT2D eigenvalue weighted by Gasteiger charge is 2.51. The van der Waals surface area contributed by atoms with Crippen LogP contribution in [-0.2, 0) is 27.1 Å². The lowest BCUT2D eigenvalue weighted by atomic mass is 9.58. The van der Waals surface area contributed by atoms with Crippen LogP contribution < -0.4 is 4.74 Å². The van der Waals surface area contributed by atoms with Gasteiger partial charge in [-0.25, -0.2) is 9.97 Å². The van der Waals surface area contributed by atoms with E-state index in [9.17, 15) is 0 Å². The van der Waals surface area contributed by atoms with Crippen molar-refractivity contribution in [2.45, 2.75) is 108 Å². The Balaban J connectivity index is 1.68. The van der Waals surface area contributed by atoms with Gasteiger partial charge in [0.1, 0.15) is 26.1 Å². The number of nitrogens with zero attached hydrogens (tertiary/aromatic N) is 2. The van der Waals surface area contributed by atoms with Gasteiger partial charge in [-0.05, 0) is 150 Å². The van der Waals surface area contributed by atoms with Crippen molar-refractivity contribution >= 4 is 31.9 Å². The zero-order valence-corrected chi connectivity index (χ0v) is 30.3. The normalized spacial score (nSPS) is 21.2. The maximum Gasteiger partial charge on any atom is 0.132 e. The minimum atomic E-state index is -0.796. The van der Waals surface area contributed by atoms with E-state index in [1.54, 1.807) is 0 Å². The molecular formula is C39H42Br2N2O. The Kier molecular flexibility index (Phi) is 6.69. The first-order valence-electron chi connectivity index (χ1n) is 15.9. The fraction of sp³-hybridized carbons (Fsp3) is 0.436. The van der Waals surface area contributed by atoms with Crippen molar-refractivity contribution in [3.63, 3.8) is 0 Å². The van der Waals surface area contributed by atoms with Gasteiger partial charge < -0.3 is 4.74 Å². The Morgan fingerprint density at radius 1 is 0.500 bits per heavy atom. The molecule has 3 aliphatic rings. The van der Waals surface area contributed by atoms with E-state index in [1.807, 2.05) is 12.1 Å². The van der Waals surface area contributed by atoms with Crippen LogP contribution in [0.3, 0.4) is 0 Å². The van der Waals surface area contributed by atoms with Crippen molar-refractivity contribution in [3.05, 3.63) is 115 Å². The fourth-order valence-corrected chi connectivity index (χ4v) is 8.81. The first kappa shape index (κ1) is 30.2. The van der Waals surface area contributed by atoms with Gasteiger partial charge in [-0.2, -0.15) is 0 Å². The van der Waals surface area contributed by atoms with Crippen LogP contribution in [-0.4, -0.2) is 9.97 Å². The third-order valence-corrected chi connectivity index (χ3v) is 12.0. The molecule has 0 bridgehead atoms. The second-order valence-corrected chi connectivity index (χ2v) is 17.5. The molecule has 2 aromatic heterocycles. The molecule has 3 nitrogen and oxygen atoms in total. The Labute approximate surface area is 279 Å². The highest BCUT2D eigenvalue weighted by atomic mass is 79.9. The molecule has 2 aliphatic carbocycles. The molecule has 1 aliphatic heterocycles. The quantitative estimate of drug-likeness (QED) is 0.171. The van der Waals surface area contributed by atoms with Crippen molar-refractivity contribution in [2.75, 3.05) is 0 Å². The predicted molar refractivity (Wildman–Crippen MR) is 186 cm³/mol. The molecule has 0 spiro atoms. The molecule has 2 aromatic carbocycles. The van der Waals surface area contributed by atoms with E-state index < -0.39 is 5.41 Å². The van der Waals surface area contributed by atoms with Crippen molar-refractivity contribution in [1.29, 1.82) is 0 Å². The molecule has 0 unspecified atom stereocenters. The number of rotatable bonds is 2. The lowest BCUT2D eigenvalue weighted by Crippen LogP contribution is -2.40. The highest BCUT2D eigenvalue weighted by Crippen LogP contribution is 2.60. The van der Waals surface area contributed by atoms with E-state index in [1.165, 1.54) is 22.3 Å². The predicted octanol–water partition coefficient (Wildman–Crippen LogP) is 11.2. The number of halogens is 2. The van der Waals surface area contributed by atoms with E-state index in [2.05, 4.69) is 136 Å². The summed E-state index contributed by atoms with van der Waals surface area (Å²) in [7, 11) is 0. The average molecular weight is 715 g/mol. The van der Waals surface area contributed by atoms with Gasteiger partial charge in [-0.15, -0.1) is 0 Å². The van der Waals surface area contributed by atoms with Gasteiger partial charge >= 0.3 is 0 Å². The number of hydrogen-bond acceptors (Lipinski definition) is 3. The maximum atomic E-state index is 7.11. The van der Waals surface area contributed by atoms with Crippen molar-refractivity contribution in [3.8, 4) is 11.5 Å². The number of hydrogen-bond donors (Lipinski definition) is 0. The van der Waals surface area contributed by atoms with Crippen LogP contribution in [0.25, 0.3) is 0 Å². The van der Waals surface area contributed by atoms with Gasteiger partial charge in [0.15, 0.2) is 0 Å². The van der Waals surface area contributed by atoms with Gasteiger partial charge in [0.05, 0.1) is 11.4 Å². The summed E-state index contributed by atoms with van der Waals surface area (Å²) in [6.45, 7) is 19.1. The molecule has 7 rings (SSSR count). The third kappa shape index (κ3) is 4.39. The summed E-state index contributed by atoms with van der Waals surface area (Å²) in [5.74, 6) is 1.80. The zero-order chi connectivity index (χ0) is 31.4. The fourth-order valence-electron chi connectivity index (χ4n) is 8.12. The first-order valence-corrected chi connectivity index (χ1v) is 17.5. The molecule has 44 heavy (non-hydrogen) atoms. The molecule has 0 amide bonds. The summed E-state index contributed by atoms with van der Waals surface area (Å²) < 4.78 is 8.72. The third-order valence-electron chi connectivity index (χ3n) is 11.1. The van der Waals surface area contributed by atoms with Gasteiger partial charge in [0.25, 0.3) is 0 Å². The van der Waals surface area contributed by atoms with Crippen molar-refractivity contribution in [1.82, 2.24) is 9.97 Å². The van der Waals surface area contributed by atoms with E-state index >= 15 is 0 Å². The smallest absolute Gasteiger partial charge is 0.132 e. The lowest BCUT2D eigenvalue weighted by molar-refractivity contribution is 0.323. The molecule has 0 saturated carbocycles. The minimum Gasteiger partial charge on any atom is -0.457 e. The van der Waals surface area contributed by atoms with Gasteiger partial charge in [0.2, 0.25) is 0 Å². The highest BCUT2D eigenvalue weighted by molar-refractivity contribution is 9.10. The molecule has 0 fully saturated rings. The monoisotopic (exact) mass is 712 g/mol. The van der Waals surface area contributed by atoms with Crippen LogP contribution >= 0.6 is 31.9 Å². The Morgan fingerprint density at radius 2 is 0.841 bits per heavy atom. The van der Waals surface area contributed by atoms with Crippen LogP contribution in [0.4, 0.5) is 0 Å². The number of pyridine rings is 2. The maximum absolute atomic E-state index is 7.11. The molecule has 4 aromatic rings. The molecule has 3 heterocycles. The second kappa shape index (κ2) is 9.75. The van der Waals surface area contributed by atoms with Crippen LogP contribution in [0, 0.1) is 0 Å². The average Bonchev–Trinajstić information content (AvgIpc) is 2.95. The van der Waals surface area contributed by atoms with Crippen molar-refractivity contribution in [2.24, 2.45) is 0 Å². The summed E-state index contributed by atoms with van der Waals surface area (Å²) in [5.41, 5.74) is 9.02. The SMILES string of the molecule is CC1(C)CCC(C)(C)c2cc3c(cc21)Oc1cc2c(cc1C3(c1cccc(Br)n1)c1cccc(Br)n1)C(C)(C)CCC2(C)C. The largest absolute Gasteiger partial charge is 0.457 e. The van der Waals surface area contributed by atoms with Crippen LogP contribution in [0.2, 0.25) is 0 Å². The summed E-state index contributed by atoms with van der Waals surface area (Å²) in [6, 6.07) is 22.1. The first-order chi connectivity index (χ1) is 20.6. The molecule has 228 valence electrons. The zero-order valence-electron chi connectivity index (χ0n) is 27.2. The lowest BCUT2D eigenvalue weighted by Gasteiger charge is -2.47. The summed E-state index contributed by atoms with van der Waals surface area (Å²) >= 11 is 7.47. The topological polar surface area (TPSA) is 35.0 Å². The molecule has 0 saturated heterocycles. The van der Waals surface area contributed by atoms with Gasteiger partial charge in [-0.3, -0.25) is 0 Å². The standard InChI is InChI=1S/C39H42Br2N2O/c1-35(2)15-17-37(5,6)25-21-29-27(19-23(25)35)39(31-11-9-13-33(40)42-31,32-12-10-14-34(41)43-32)28-20-24-26(22-30(28)44-29)38(7,8)18-16-36(24,3)4/h9-14,19-22H,15-18H2,1-8H3. The van der Waals surface area contributed by atoms with E-state index in [4.69, 9.17) is 14.7 Å². The minimum absolute atomic E-state index is 0.0309. The van der Waals surface area contributed by atoms with E-state index in [0.717, 1.165) is 68.9 Å². The van der Waals surface area contributed by atoms with Crippen LogP contribution in [0.5, 0.6) is 11.5 Å². The summed E-state index contributed by atoms with van der Waals surface area (Å²) in [5, 5.41) is 0. The summed E-state index contributed by atoms with van der Waals surface area (Å²) in [6.07, 6.45) is 4.56. The molecule has 0 radical (unpaired) electrons. The van der Waals surface area contributed by atoms with Gasteiger partial charge in [0, 0.05) is 11.1 Å². The van der Waals surface area contributed by atoms with Crippen molar-refractivity contribution < 1.29 is 4.74 Å². The molecule has 5 heteroatoms. The molecule has 0 N–H and O–H groups in total. The Bertz CT molecular complexity index is 1700. The van der Waals surface area contributed by atoms with E-state index in [0.29, 0.717) is 0 Å².